The Kier molecular flexibility index (Phi) is 3.19. The molecule has 1 atom stereocenters. The minimum atomic E-state index is -4.92. The maximum absolute atomic E-state index is 11.4. The Bertz CT molecular complexity index is 136. The van der Waals surface area contributed by atoms with E-state index in [0.29, 0.717) is 0 Å². The predicted molar refractivity (Wildman–Crippen MR) is 21.0 cm³/mol. The Morgan fingerprint density at radius 3 is 2.00 bits per heavy atom. The lowest BCUT2D eigenvalue weighted by Gasteiger charge is -2.15. The lowest BCUT2D eigenvalue weighted by atomic mass is 10.7. The molecule has 0 bridgehead atoms. The second-order valence-corrected chi connectivity index (χ2v) is 1.72. The van der Waals surface area contributed by atoms with Crippen molar-refractivity contribution in [2.75, 3.05) is 0 Å². The van der Waals surface area contributed by atoms with Crippen LogP contribution in [0, 0.1) is 0 Å². The molecule has 0 N–H and O–H groups in total. The third-order valence-corrected chi connectivity index (χ3v) is 0.791. The summed E-state index contributed by atoms with van der Waals surface area (Å²) >= 11 is -3.64. The molecule has 0 saturated carbocycles. The van der Waals surface area contributed by atoms with Gasteiger partial charge in [0.25, 0.3) is 0 Å². The minimum Gasteiger partial charge on any atom is -0.750 e. The number of hydrogen-bond donors (Lipinski definition) is 0. The minimum absolute atomic E-state index is 2.53. The van der Waals surface area contributed by atoms with Crippen LogP contribution >= 0.6 is 0 Å². The molecule has 0 aromatic carbocycles. The Balaban J connectivity index is 3.99. The zero-order valence-corrected chi connectivity index (χ0v) is 5.04. The molecule has 0 heterocycles. The second kappa shape index (κ2) is 3.26. The Morgan fingerprint density at radius 2 is 1.90 bits per heavy atom. The summed E-state index contributed by atoms with van der Waals surface area (Å²) in [7, 11) is 0. The van der Waals surface area contributed by atoms with Crippen LogP contribution in [0.5, 0.6) is 0 Å². The molecule has 0 aliphatic carbocycles. The molecule has 10 heavy (non-hydrogen) atoms. The fourth-order valence-electron chi connectivity index (χ4n) is 0.127. The van der Waals surface area contributed by atoms with Crippen molar-refractivity contribution in [3.8, 4) is 0 Å². The van der Waals surface area contributed by atoms with Gasteiger partial charge in [-0.2, -0.15) is 8.78 Å². The van der Waals surface area contributed by atoms with E-state index in [9.17, 15) is 26.3 Å². The molecule has 0 amide bonds. The van der Waals surface area contributed by atoms with E-state index in [1.54, 1.807) is 0 Å². The van der Waals surface area contributed by atoms with E-state index >= 15 is 0 Å². The second-order valence-electron chi connectivity index (χ2n) is 1.15. The molecule has 0 aliphatic rings. The fraction of sp³-hybridized carbons (Fsp3) is 1.00. The molecule has 0 spiro atoms. The first-order chi connectivity index (χ1) is 4.36. The standard InChI is InChI=1S/C2H2F4O3S/c3-1(4)2(5,6)9-10(7)8/h1H,(H,7,8)/p-1. The molecule has 0 aromatic heterocycles. The van der Waals surface area contributed by atoms with Crippen molar-refractivity contribution in [2.45, 2.75) is 12.5 Å². The molecule has 3 nitrogen and oxygen atoms in total. The van der Waals surface area contributed by atoms with Crippen LogP contribution < -0.4 is 0 Å². The first kappa shape index (κ1) is 9.79. The summed E-state index contributed by atoms with van der Waals surface area (Å²) in [6, 6.07) is 0. The van der Waals surface area contributed by atoms with Crippen LogP contribution in [0.25, 0.3) is 0 Å². The van der Waals surface area contributed by atoms with E-state index in [1.807, 2.05) is 0 Å². The van der Waals surface area contributed by atoms with Crippen molar-refractivity contribution in [3.05, 3.63) is 0 Å². The summed E-state index contributed by atoms with van der Waals surface area (Å²) in [5, 5.41) is 0. The summed E-state index contributed by atoms with van der Waals surface area (Å²) in [5.41, 5.74) is 0. The summed E-state index contributed by atoms with van der Waals surface area (Å²) in [4.78, 5) is 0. The maximum atomic E-state index is 11.4. The Hall–Kier alpha value is -0.210. The molecule has 0 fully saturated rings. The van der Waals surface area contributed by atoms with Gasteiger partial charge in [0.1, 0.15) is 0 Å². The van der Waals surface area contributed by atoms with Crippen molar-refractivity contribution in [2.24, 2.45) is 0 Å². The molecule has 0 saturated heterocycles. The highest BCUT2D eigenvalue weighted by atomic mass is 32.2. The maximum Gasteiger partial charge on any atom is 0.427 e. The van der Waals surface area contributed by atoms with Crippen LogP contribution in [0.4, 0.5) is 17.6 Å². The molecule has 62 valence electrons. The van der Waals surface area contributed by atoms with E-state index in [4.69, 9.17) is 0 Å². The molecule has 0 aromatic rings. The average molecular weight is 181 g/mol. The quantitative estimate of drug-likeness (QED) is 0.474. The van der Waals surface area contributed by atoms with Gasteiger partial charge in [-0.05, 0) is 0 Å². The zero-order chi connectivity index (χ0) is 8.36. The van der Waals surface area contributed by atoms with E-state index in [0.717, 1.165) is 0 Å². The lowest BCUT2D eigenvalue weighted by Crippen LogP contribution is -2.30. The third-order valence-electron chi connectivity index (χ3n) is 0.433. The van der Waals surface area contributed by atoms with Crippen molar-refractivity contribution in [3.63, 3.8) is 0 Å². The van der Waals surface area contributed by atoms with Gasteiger partial charge >= 0.3 is 12.5 Å². The topological polar surface area (TPSA) is 49.4 Å². The molecule has 8 heteroatoms. The highest BCUT2D eigenvalue weighted by molar-refractivity contribution is 7.74. The molecular formula is C2HF4O3S-. The van der Waals surface area contributed by atoms with E-state index in [2.05, 4.69) is 4.18 Å². The van der Waals surface area contributed by atoms with Crippen LogP contribution in [0.3, 0.4) is 0 Å². The Morgan fingerprint density at radius 1 is 1.50 bits per heavy atom. The van der Waals surface area contributed by atoms with Crippen LogP contribution in [-0.4, -0.2) is 21.3 Å². The normalized spacial score (nSPS) is 15.8. The summed E-state index contributed by atoms with van der Waals surface area (Å²) < 4.78 is 66.0. The monoisotopic (exact) mass is 181 g/mol. The first-order valence-electron chi connectivity index (χ1n) is 1.81. The van der Waals surface area contributed by atoms with Crippen molar-refractivity contribution < 1.29 is 30.5 Å². The van der Waals surface area contributed by atoms with Gasteiger partial charge in [0, 0.05) is 0 Å². The lowest BCUT2D eigenvalue weighted by molar-refractivity contribution is -0.251. The van der Waals surface area contributed by atoms with Gasteiger partial charge in [-0.15, -0.1) is 0 Å². The van der Waals surface area contributed by atoms with E-state index in [1.165, 1.54) is 0 Å². The van der Waals surface area contributed by atoms with Gasteiger partial charge < -0.3 is 4.55 Å². The zero-order valence-electron chi connectivity index (χ0n) is 4.22. The van der Waals surface area contributed by atoms with Gasteiger partial charge in [-0.1, -0.05) is 0 Å². The van der Waals surface area contributed by atoms with Crippen molar-refractivity contribution in [1.82, 2.24) is 0 Å². The number of halogens is 4. The van der Waals surface area contributed by atoms with E-state index in [-0.39, 0.29) is 0 Å². The number of alkyl halides is 4. The van der Waals surface area contributed by atoms with Crippen LogP contribution in [0.1, 0.15) is 0 Å². The van der Waals surface area contributed by atoms with Crippen LogP contribution in [0.15, 0.2) is 0 Å². The predicted octanol–water partition coefficient (Wildman–Crippen LogP) is 0.655. The highest BCUT2D eigenvalue weighted by Crippen LogP contribution is 2.24. The fourth-order valence-corrected chi connectivity index (χ4v) is 0.381. The largest absolute Gasteiger partial charge is 0.750 e. The molecule has 0 radical (unpaired) electrons. The van der Waals surface area contributed by atoms with Gasteiger partial charge in [0.15, 0.2) is 0 Å². The smallest absolute Gasteiger partial charge is 0.427 e. The first-order valence-corrected chi connectivity index (χ1v) is 2.81. The van der Waals surface area contributed by atoms with Gasteiger partial charge in [-0.25, -0.2) is 17.2 Å². The van der Waals surface area contributed by atoms with Gasteiger partial charge in [0.2, 0.25) is 0 Å². The van der Waals surface area contributed by atoms with Gasteiger partial charge in [-0.3, -0.25) is 0 Å². The van der Waals surface area contributed by atoms with Crippen molar-refractivity contribution in [1.29, 1.82) is 0 Å². The van der Waals surface area contributed by atoms with Gasteiger partial charge in [0.05, 0.1) is 11.4 Å². The van der Waals surface area contributed by atoms with Crippen molar-refractivity contribution >= 4 is 11.4 Å². The van der Waals surface area contributed by atoms with Crippen LogP contribution in [-0.2, 0) is 15.5 Å². The molecule has 1 unspecified atom stereocenters. The molecule has 0 rings (SSSR count). The SMILES string of the molecule is O=S([O-])OC(F)(F)C(F)F. The Labute approximate surface area is 55.5 Å². The van der Waals surface area contributed by atoms with Crippen LogP contribution in [0.2, 0.25) is 0 Å². The highest BCUT2D eigenvalue weighted by Gasteiger charge is 2.43. The van der Waals surface area contributed by atoms with E-state index < -0.39 is 23.9 Å². The molecular weight excluding hydrogens is 180 g/mol. The average Bonchev–Trinajstić information content (AvgIpc) is 1.60. The summed E-state index contributed by atoms with van der Waals surface area (Å²) in [6.07, 6.45) is -9.07. The number of hydrogen-bond acceptors (Lipinski definition) is 3. The summed E-state index contributed by atoms with van der Waals surface area (Å²) in [5.74, 6) is 0. The summed E-state index contributed by atoms with van der Waals surface area (Å²) in [6.45, 7) is 0. The third kappa shape index (κ3) is 3.08. The molecule has 0 aliphatic heterocycles. The number of rotatable bonds is 3.